The van der Waals surface area contributed by atoms with Crippen LogP contribution in [0.25, 0.3) is 11.2 Å². The third-order valence-corrected chi connectivity index (χ3v) is 5.18. The summed E-state index contributed by atoms with van der Waals surface area (Å²) in [5, 5.41) is 0. The Kier molecular flexibility index (Phi) is 4.18. The first-order valence-corrected chi connectivity index (χ1v) is 8.84. The molecule has 0 bridgehead atoms. The Labute approximate surface area is 151 Å². The van der Waals surface area contributed by atoms with Crippen LogP contribution in [0.5, 0.6) is 0 Å². The number of rotatable bonds is 3. The number of carbonyl (C=O) groups is 1. The molecule has 1 atom stereocenters. The summed E-state index contributed by atoms with van der Waals surface area (Å²) in [4.78, 5) is 23.5. The second-order valence-electron chi connectivity index (χ2n) is 7.01. The van der Waals surface area contributed by atoms with Gasteiger partial charge in [-0.1, -0.05) is 6.07 Å². The molecular weight excluding hydrogens is 331 g/mol. The topological polar surface area (TPSA) is 51.0 Å². The minimum absolute atomic E-state index is 0.0990. The summed E-state index contributed by atoms with van der Waals surface area (Å²) in [5.41, 5.74) is 2.74. The number of fused-ring (bicyclic) bond motifs is 1. The molecule has 3 heterocycles. The van der Waals surface area contributed by atoms with Crippen molar-refractivity contribution >= 4 is 17.1 Å². The van der Waals surface area contributed by atoms with E-state index in [2.05, 4.69) is 9.97 Å². The van der Waals surface area contributed by atoms with Gasteiger partial charge in [-0.25, -0.2) is 14.4 Å². The molecule has 1 saturated heterocycles. The molecule has 1 fully saturated rings. The van der Waals surface area contributed by atoms with Crippen molar-refractivity contribution in [3.8, 4) is 0 Å². The van der Waals surface area contributed by atoms with E-state index in [-0.39, 0.29) is 11.7 Å². The molecule has 6 heteroatoms. The van der Waals surface area contributed by atoms with E-state index in [4.69, 9.17) is 0 Å². The second-order valence-corrected chi connectivity index (χ2v) is 7.01. The number of aromatic nitrogens is 3. The van der Waals surface area contributed by atoms with Crippen LogP contribution in [0, 0.1) is 18.7 Å². The number of nitrogens with zero attached hydrogens (tertiary/aromatic N) is 4. The lowest BCUT2D eigenvalue weighted by atomic mass is 10.0. The minimum Gasteiger partial charge on any atom is -0.338 e. The Morgan fingerprint density at radius 2 is 2.19 bits per heavy atom. The van der Waals surface area contributed by atoms with E-state index in [1.165, 1.54) is 6.07 Å². The third-order valence-electron chi connectivity index (χ3n) is 5.18. The van der Waals surface area contributed by atoms with Gasteiger partial charge in [0.2, 0.25) is 0 Å². The summed E-state index contributed by atoms with van der Waals surface area (Å²) in [5.74, 6) is 0.904. The maximum absolute atomic E-state index is 13.7. The first kappa shape index (κ1) is 16.7. The van der Waals surface area contributed by atoms with Crippen molar-refractivity contribution < 1.29 is 9.18 Å². The molecule has 1 aromatic carbocycles. The molecule has 1 aliphatic heterocycles. The molecule has 0 radical (unpaired) electrons. The zero-order chi connectivity index (χ0) is 18.3. The van der Waals surface area contributed by atoms with Crippen LogP contribution in [0.2, 0.25) is 0 Å². The number of carbonyl (C=O) groups excluding carboxylic acids is 1. The van der Waals surface area contributed by atoms with Crippen LogP contribution in [-0.2, 0) is 13.5 Å². The maximum atomic E-state index is 13.7. The van der Waals surface area contributed by atoms with Crippen molar-refractivity contribution in [1.29, 1.82) is 0 Å². The molecule has 0 aliphatic carbocycles. The number of amides is 1. The van der Waals surface area contributed by atoms with E-state index in [9.17, 15) is 9.18 Å². The fourth-order valence-corrected chi connectivity index (χ4v) is 3.60. The first-order chi connectivity index (χ1) is 12.5. The number of pyridine rings is 1. The SMILES string of the molecule is Cc1ccc(C(=O)N2CC[C@H](Cc3nc4cccnc4n3C)C2)cc1F. The van der Waals surface area contributed by atoms with Gasteiger partial charge in [-0.15, -0.1) is 0 Å². The highest BCUT2D eigenvalue weighted by atomic mass is 19.1. The lowest BCUT2D eigenvalue weighted by molar-refractivity contribution is 0.0786. The minimum atomic E-state index is -0.334. The van der Waals surface area contributed by atoms with E-state index in [1.807, 2.05) is 28.6 Å². The molecule has 26 heavy (non-hydrogen) atoms. The average Bonchev–Trinajstić information content (AvgIpc) is 3.23. The molecule has 5 nitrogen and oxygen atoms in total. The number of hydrogen-bond acceptors (Lipinski definition) is 3. The average molecular weight is 352 g/mol. The number of halogens is 1. The molecule has 134 valence electrons. The Hall–Kier alpha value is -2.76. The standard InChI is InChI=1S/C20H21FN4O/c1-13-5-6-15(11-16(13)21)20(26)25-9-7-14(12-25)10-18-23-17-4-3-8-22-19(17)24(18)2/h3-6,8,11,14H,7,9-10,12H2,1-2H3/t14-/m1/s1. The normalized spacial score (nSPS) is 17.2. The molecule has 3 aromatic rings. The van der Waals surface area contributed by atoms with Crippen molar-refractivity contribution in [2.24, 2.45) is 13.0 Å². The van der Waals surface area contributed by atoms with Crippen LogP contribution >= 0.6 is 0 Å². The Morgan fingerprint density at radius 3 is 2.96 bits per heavy atom. The monoisotopic (exact) mass is 352 g/mol. The highest BCUT2D eigenvalue weighted by Crippen LogP contribution is 2.24. The first-order valence-electron chi connectivity index (χ1n) is 8.84. The summed E-state index contributed by atoms with van der Waals surface area (Å²) in [7, 11) is 1.98. The number of hydrogen-bond donors (Lipinski definition) is 0. The van der Waals surface area contributed by atoms with Gasteiger partial charge >= 0.3 is 0 Å². The molecule has 0 N–H and O–H groups in total. The molecule has 0 saturated carbocycles. The molecule has 4 rings (SSSR count). The summed E-state index contributed by atoms with van der Waals surface area (Å²) < 4.78 is 15.8. The van der Waals surface area contributed by atoms with Crippen molar-refractivity contribution in [3.63, 3.8) is 0 Å². The molecule has 0 spiro atoms. The van der Waals surface area contributed by atoms with Crippen molar-refractivity contribution in [1.82, 2.24) is 19.4 Å². The zero-order valence-electron chi connectivity index (χ0n) is 14.9. The lowest BCUT2D eigenvalue weighted by Crippen LogP contribution is -2.29. The summed E-state index contributed by atoms with van der Waals surface area (Å²) in [6, 6.07) is 8.54. The largest absolute Gasteiger partial charge is 0.338 e. The van der Waals surface area contributed by atoms with E-state index < -0.39 is 0 Å². The van der Waals surface area contributed by atoms with Gasteiger partial charge in [0, 0.05) is 38.3 Å². The van der Waals surface area contributed by atoms with Gasteiger partial charge in [0.25, 0.3) is 5.91 Å². The predicted octanol–water partition coefficient (Wildman–Crippen LogP) is 3.12. The number of benzene rings is 1. The van der Waals surface area contributed by atoms with E-state index in [0.717, 1.165) is 29.8 Å². The third kappa shape index (κ3) is 2.96. The van der Waals surface area contributed by atoms with Crippen LogP contribution in [0.3, 0.4) is 0 Å². The predicted molar refractivity (Wildman–Crippen MR) is 97.4 cm³/mol. The Balaban J connectivity index is 1.47. The molecule has 0 unspecified atom stereocenters. The Morgan fingerprint density at radius 1 is 1.35 bits per heavy atom. The highest BCUT2D eigenvalue weighted by Gasteiger charge is 2.28. The van der Waals surface area contributed by atoms with Gasteiger partial charge < -0.3 is 9.47 Å². The molecular formula is C20H21FN4O. The van der Waals surface area contributed by atoms with Gasteiger partial charge in [-0.2, -0.15) is 0 Å². The van der Waals surface area contributed by atoms with E-state index >= 15 is 0 Å². The smallest absolute Gasteiger partial charge is 0.253 e. The van der Waals surface area contributed by atoms with E-state index in [1.54, 1.807) is 25.3 Å². The quantitative estimate of drug-likeness (QED) is 0.728. The van der Waals surface area contributed by atoms with Crippen molar-refractivity contribution in [2.45, 2.75) is 19.8 Å². The summed E-state index contributed by atoms with van der Waals surface area (Å²) in [6.45, 7) is 3.06. The van der Waals surface area contributed by atoms with Crippen LogP contribution in [0.4, 0.5) is 4.39 Å². The summed E-state index contributed by atoms with van der Waals surface area (Å²) >= 11 is 0. The van der Waals surface area contributed by atoms with Crippen molar-refractivity contribution in [3.05, 3.63) is 59.3 Å². The number of imidazole rings is 1. The summed E-state index contributed by atoms with van der Waals surface area (Å²) in [6.07, 6.45) is 3.50. The highest BCUT2D eigenvalue weighted by molar-refractivity contribution is 5.94. The zero-order valence-corrected chi connectivity index (χ0v) is 14.9. The van der Waals surface area contributed by atoms with Crippen molar-refractivity contribution in [2.75, 3.05) is 13.1 Å². The van der Waals surface area contributed by atoms with Gasteiger partial charge in [0.1, 0.15) is 17.2 Å². The van der Waals surface area contributed by atoms with Crippen LogP contribution < -0.4 is 0 Å². The van der Waals surface area contributed by atoms with Crippen LogP contribution in [-0.4, -0.2) is 38.4 Å². The van der Waals surface area contributed by atoms with Gasteiger partial charge in [0.05, 0.1) is 0 Å². The lowest BCUT2D eigenvalue weighted by Gasteiger charge is -2.17. The fraction of sp³-hybridized carbons (Fsp3) is 0.350. The maximum Gasteiger partial charge on any atom is 0.253 e. The van der Waals surface area contributed by atoms with E-state index in [0.29, 0.717) is 30.1 Å². The van der Waals surface area contributed by atoms with Gasteiger partial charge in [0.15, 0.2) is 5.65 Å². The molecule has 1 amide bonds. The van der Waals surface area contributed by atoms with Crippen LogP contribution in [0.15, 0.2) is 36.5 Å². The molecule has 2 aromatic heterocycles. The fourth-order valence-electron chi connectivity index (χ4n) is 3.60. The number of aryl methyl sites for hydroxylation is 2. The number of likely N-dealkylation sites (tertiary alicyclic amines) is 1. The van der Waals surface area contributed by atoms with Crippen LogP contribution in [0.1, 0.15) is 28.2 Å². The second kappa shape index (κ2) is 6.52. The molecule has 1 aliphatic rings. The van der Waals surface area contributed by atoms with Gasteiger partial charge in [-0.3, -0.25) is 4.79 Å². The Bertz CT molecular complexity index is 981. The van der Waals surface area contributed by atoms with Gasteiger partial charge in [-0.05, 0) is 49.1 Å².